The Kier molecular flexibility index (Phi) is 4.38. The van der Waals surface area contributed by atoms with Crippen LogP contribution in [0.15, 0.2) is 5.38 Å². The summed E-state index contributed by atoms with van der Waals surface area (Å²) in [4.78, 5) is 4.58. The molecular formula is C14H23FN2S. The molecule has 1 unspecified atom stereocenters. The standard InChI is InChI=1S/C14H23FN2S/c1-14(2,3)12-9-18-13(17-12)8-11(15)10-4-6-16-7-5-10/h9-11,16H,4-8H2,1-3H3. The van der Waals surface area contributed by atoms with Crippen LogP contribution in [0, 0.1) is 5.92 Å². The van der Waals surface area contributed by atoms with Crippen molar-refractivity contribution in [1.82, 2.24) is 10.3 Å². The highest BCUT2D eigenvalue weighted by atomic mass is 32.1. The first-order valence-electron chi connectivity index (χ1n) is 6.76. The van der Waals surface area contributed by atoms with Gasteiger partial charge in [-0.15, -0.1) is 11.3 Å². The molecule has 0 bridgehead atoms. The third-order valence-electron chi connectivity index (χ3n) is 3.59. The Balaban J connectivity index is 1.94. The van der Waals surface area contributed by atoms with Crippen LogP contribution in [0.1, 0.15) is 44.3 Å². The molecule has 2 nitrogen and oxygen atoms in total. The van der Waals surface area contributed by atoms with Crippen LogP contribution in [-0.2, 0) is 11.8 Å². The van der Waals surface area contributed by atoms with Crippen LogP contribution in [0.3, 0.4) is 0 Å². The molecule has 0 radical (unpaired) electrons. The predicted octanol–water partition coefficient (Wildman–Crippen LogP) is 3.32. The molecule has 0 aliphatic carbocycles. The molecule has 0 saturated carbocycles. The van der Waals surface area contributed by atoms with Crippen molar-refractivity contribution in [3.8, 4) is 0 Å². The number of piperidine rings is 1. The third-order valence-corrected chi connectivity index (χ3v) is 4.46. The molecule has 2 rings (SSSR count). The van der Waals surface area contributed by atoms with Gasteiger partial charge in [0.1, 0.15) is 6.17 Å². The van der Waals surface area contributed by atoms with Gasteiger partial charge in [-0.25, -0.2) is 9.37 Å². The zero-order valence-electron chi connectivity index (χ0n) is 11.5. The van der Waals surface area contributed by atoms with Crippen molar-refractivity contribution in [3.63, 3.8) is 0 Å². The molecule has 1 aliphatic heterocycles. The van der Waals surface area contributed by atoms with Crippen molar-refractivity contribution in [1.29, 1.82) is 0 Å². The van der Waals surface area contributed by atoms with E-state index in [1.54, 1.807) is 11.3 Å². The van der Waals surface area contributed by atoms with E-state index >= 15 is 0 Å². The van der Waals surface area contributed by atoms with E-state index in [0.717, 1.165) is 36.6 Å². The summed E-state index contributed by atoms with van der Waals surface area (Å²) in [6.07, 6.45) is 1.68. The van der Waals surface area contributed by atoms with Gasteiger partial charge in [0.15, 0.2) is 0 Å². The van der Waals surface area contributed by atoms with Gasteiger partial charge >= 0.3 is 0 Å². The fourth-order valence-corrected chi connectivity index (χ4v) is 3.35. The summed E-state index contributed by atoms with van der Waals surface area (Å²) >= 11 is 1.60. The maximum absolute atomic E-state index is 14.2. The molecule has 1 saturated heterocycles. The zero-order valence-corrected chi connectivity index (χ0v) is 12.3. The molecular weight excluding hydrogens is 247 g/mol. The van der Waals surface area contributed by atoms with E-state index in [0.29, 0.717) is 6.42 Å². The number of nitrogens with one attached hydrogen (secondary N) is 1. The molecule has 1 N–H and O–H groups in total. The van der Waals surface area contributed by atoms with E-state index in [1.807, 2.05) is 0 Å². The summed E-state index contributed by atoms with van der Waals surface area (Å²) in [6.45, 7) is 8.34. The van der Waals surface area contributed by atoms with Crippen molar-refractivity contribution in [2.45, 2.75) is 51.6 Å². The lowest BCUT2D eigenvalue weighted by atomic mass is 9.91. The van der Waals surface area contributed by atoms with Crippen molar-refractivity contribution < 1.29 is 4.39 Å². The first-order chi connectivity index (χ1) is 8.47. The van der Waals surface area contributed by atoms with Gasteiger partial charge in [0.05, 0.1) is 10.7 Å². The zero-order chi connectivity index (χ0) is 13.2. The molecule has 0 amide bonds. The normalized spacial score (nSPS) is 20.0. The minimum Gasteiger partial charge on any atom is -0.317 e. The molecule has 2 heterocycles. The number of hydrogen-bond acceptors (Lipinski definition) is 3. The van der Waals surface area contributed by atoms with Gasteiger partial charge in [-0.05, 0) is 31.8 Å². The lowest BCUT2D eigenvalue weighted by Gasteiger charge is -2.25. The third kappa shape index (κ3) is 3.51. The average molecular weight is 270 g/mol. The Morgan fingerprint density at radius 2 is 2.11 bits per heavy atom. The first-order valence-corrected chi connectivity index (χ1v) is 7.64. The molecule has 1 aromatic heterocycles. The molecule has 1 atom stereocenters. The van der Waals surface area contributed by atoms with Gasteiger partial charge in [0, 0.05) is 17.2 Å². The van der Waals surface area contributed by atoms with Gasteiger partial charge in [0.25, 0.3) is 0 Å². The number of nitrogens with zero attached hydrogens (tertiary/aromatic N) is 1. The van der Waals surface area contributed by atoms with Crippen molar-refractivity contribution in [2.75, 3.05) is 13.1 Å². The summed E-state index contributed by atoms with van der Waals surface area (Å²) in [5.41, 5.74) is 1.15. The van der Waals surface area contributed by atoms with E-state index in [4.69, 9.17) is 0 Å². The number of rotatable bonds is 3. The molecule has 4 heteroatoms. The van der Waals surface area contributed by atoms with Crippen LogP contribution < -0.4 is 5.32 Å². The Morgan fingerprint density at radius 3 is 2.67 bits per heavy atom. The van der Waals surface area contributed by atoms with Gasteiger partial charge < -0.3 is 5.32 Å². The number of alkyl halides is 1. The SMILES string of the molecule is CC(C)(C)c1csc(CC(F)C2CCNCC2)n1. The number of aromatic nitrogens is 1. The molecule has 102 valence electrons. The Hall–Kier alpha value is -0.480. The van der Waals surface area contributed by atoms with Crippen LogP contribution in [0.2, 0.25) is 0 Å². The maximum Gasteiger partial charge on any atom is 0.109 e. The fourth-order valence-electron chi connectivity index (χ4n) is 2.29. The second kappa shape index (κ2) is 5.66. The lowest BCUT2D eigenvalue weighted by molar-refractivity contribution is 0.187. The first kappa shape index (κ1) is 13.9. The molecule has 18 heavy (non-hydrogen) atoms. The molecule has 0 spiro atoms. The minimum atomic E-state index is -0.730. The molecule has 1 aliphatic rings. The predicted molar refractivity (Wildman–Crippen MR) is 75.0 cm³/mol. The topological polar surface area (TPSA) is 24.9 Å². The van der Waals surface area contributed by atoms with Crippen LogP contribution in [-0.4, -0.2) is 24.2 Å². The summed E-state index contributed by atoms with van der Waals surface area (Å²) in [5.74, 6) is 0.216. The van der Waals surface area contributed by atoms with E-state index in [2.05, 4.69) is 36.5 Å². The summed E-state index contributed by atoms with van der Waals surface area (Å²) < 4.78 is 14.2. The monoisotopic (exact) mass is 270 g/mol. The van der Waals surface area contributed by atoms with E-state index in [-0.39, 0.29) is 11.3 Å². The highest BCUT2D eigenvalue weighted by molar-refractivity contribution is 7.09. The number of thiazole rings is 1. The van der Waals surface area contributed by atoms with E-state index in [9.17, 15) is 4.39 Å². The summed E-state index contributed by atoms with van der Waals surface area (Å²) in [5, 5.41) is 6.30. The smallest absolute Gasteiger partial charge is 0.109 e. The second-order valence-corrected chi connectivity index (χ2v) is 7.13. The number of hydrogen-bond donors (Lipinski definition) is 1. The van der Waals surface area contributed by atoms with Crippen LogP contribution in [0.5, 0.6) is 0 Å². The Morgan fingerprint density at radius 1 is 1.44 bits per heavy atom. The van der Waals surface area contributed by atoms with Gasteiger partial charge in [-0.3, -0.25) is 0 Å². The molecule has 0 aromatic carbocycles. The van der Waals surface area contributed by atoms with Gasteiger partial charge in [-0.2, -0.15) is 0 Å². The summed E-state index contributed by atoms with van der Waals surface area (Å²) in [6, 6.07) is 0. The van der Waals surface area contributed by atoms with Crippen LogP contribution >= 0.6 is 11.3 Å². The van der Waals surface area contributed by atoms with Crippen molar-refractivity contribution >= 4 is 11.3 Å². The average Bonchev–Trinajstić information content (AvgIpc) is 2.78. The Bertz CT molecular complexity index is 377. The minimum absolute atomic E-state index is 0.0648. The molecule has 1 fully saturated rings. The van der Waals surface area contributed by atoms with E-state index < -0.39 is 6.17 Å². The summed E-state index contributed by atoms with van der Waals surface area (Å²) in [7, 11) is 0. The van der Waals surface area contributed by atoms with Crippen LogP contribution in [0.4, 0.5) is 4.39 Å². The van der Waals surface area contributed by atoms with Crippen molar-refractivity contribution in [3.05, 3.63) is 16.1 Å². The highest BCUT2D eigenvalue weighted by Gasteiger charge is 2.25. The quantitative estimate of drug-likeness (QED) is 0.911. The largest absolute Gasteiger partial charge is 0.317 e. The number of halogens is 1. The second-order valence-electron chi connectivity index (χ2n) is 6.18. The van der Waals surface area contributed by atoms with E-state index in [1.165, 1.54) is 0 Å². The van der Waals surface area contributed by atoms with Crippen molar-refractivity contribution in [2.24, 2.45) is 5.92 Å². The maximum atomic E-state index is 14.2. The van der Waals surface area contributed by atoms with Gasteiger partial charge in [-0.1, -0.05) is 20.8 Å². The molecule has 1 aromatic rings. The fraction of sp³-hybridized carbons (Fsp3) is 0.786. The Labute approximate surface area is 113 Å². The van der Waals surface area contributed by atoms with Gasteiger partial charge in [0.2, 0.25) is 0 Å². The highest BCUT2D eigenvalue weighted by Crippen LogP contribution is 2.27. The lowest BCUT2D eigenvalue weighted by Crippen LogP contribution is -2.33. The van der Waals surface area contributed by atoms with Crippen LogP contribution in [0.25, 0.3) is 0 Å².